The summed E-state index contributed by atoms with van der Waals surface area (Å²) in [5.74, 6) is 0.818. The molecule has 2 aromatic rings. The summed E-state index contributed by atoms with van der Waals surface area (Å²) >= 11 is 0. The van der Waals surface area contributed by atoms with Crippen LogP contribution >= 0.6 is 0 Å². The van der Waals surface area contributed by atoms with Crippen LogP contribution in [0.5, 0.6) is 5.75 Å². The number of aliphatic hydroxyl groups is 1. The number of ketones is 1. The number of hydrogen-bond acceptors (Lipinski definition) is 8. The summed E-state index contributed by atoms with van der Waals surface area (Å²) in [7, 11) is -2.74. The van der Waals surface area contributed by atoms with Crippen LogP contribution in [0.1, 0.15) is 57.6 Å². The minimum Gasteiger partial charge on any atom is -0.496 e. The fourth-order valence-corrected chi connectivity index (χ4v) is 6.47. The average molecular weight is 591 g/mol. The van der Waals surface area contributed by atoms with Crippen molar-refractivity contribution in [1.29, 1.82) is 0 Å². The normalized spacial score (nSPS) is 17.6. The Labute approximate surface area is 243 Å². The second-order valence-electron chi connectivity index (χ2n) is 10.4. The molecule has 4 atom stereocenters. The molecule has 0 saturated carbocycles. The molecule has 0 bridgehead atoms. The Morgan fingerprint density at radius 2 is 1.93 bits per heavy atom. The summed E-state index contributed by atoms with van der Waals surface area (Å²) < 4.78 is 45.8. The molecule has 11 heteroatoms. The van der Waals surface area contributed by atoms with E-state index in [0.717, 1.165) is 10.7 Å². The maximum Gasteiger partial charge on any atom is 0.408 e. The maximum atomic E-state index is 14.2. The number of benzene rings is 2. The molecule has 1 aliphatic rings. The number of hydrogen-bond donors (Lipinski definition) is 2. The van der Waals surface area contributed by atoms with Gasteiger partial charge in [0.05, 0.1) is 31.3 Å². The van der Waals surface area contributed by atoms with Gasteiger partial charge in [-0.2, -0.15) is 4.31 Å². The molecule has 0 radical (unpaired) electrons. The van der Waals surface area contributed by atoms with Crippen LogP contribution < -0.4 is 10.1 Å². The Bertz CT molecular complexity index is 1250. The lowest BCUT2D eigenvalue weighted by atomic mass is 9.91. The Kier molecular flexibility index (Phi) is 12.1. The van der Waals surface area contributed by atoms with E-state index in [1.807, 2.05) is 13.0 Å². The Morgan fingerprint density at radius 1 is 1.20 bits per heavy atom. The number of nitrogens with zero attached hydrogens (tertiary/aromatic N) is 1. The van der Waals surface area contributed by atoms with Crippen molar-refractivity contribution in [2.75, 3.05) is 20.3 Å². The fourth-order valence-electron chi connectivity index (χ4n) is 4.82. The van der Waals surface area contributed by atoms with Gasteiger partial charge in [0.2, 0.25) is 10.0 Å². The van der Waals surface area contributed by atoms with Crippen LogP contribution in [-0.4, -0.2) is 68.4 Å². The molecule has 0 spiro atoms. The van der Waals surface area contributed by atoms with Crippen molar-refractivity contribution in [1.82, 2.24) is 9.62 Å². The van der Waals surface area contributed by atoms with Gasteiger partial charge in [0.25, 0.3) is 0 Å². The largest absolute Gasteiger partial charge is 0.496 e. The lowest BCUT2D eigenvalue weighted by Gasteiger charge is -2.33. The number of carbonyl (C=O) groups excluding carboxylic acids is 2. The van der Waals surface area contributed by atoms with Gasteiger partial charge in [0.15, 0.2) is 0 Å². The van der Waals surface area contributed by atoms with E-state index in [1.165, 1.54) is 20.1 Å². The van der Waals surface area contributed by atoms with E-state index in [2.05, 4.69) is 5.32 Å². The molecule has 10 nitrogen and oxygen atoms in total. The summed E-state index contributed by atoms with van der Waals surface area (Å²) in [5.41, 5.74) is 1.37. The van der Waals surface area contributed by atoms with Crippen LogP contribution in [0.2, 0.25) is 0 Å². The molecule has 1 aliphatic heterocycles. The number of sulfonamides is 1. The molecule has 226 valence electrons. The number of methoxy groups -OCH3 is 1. The summed E-state index contributed by atoms with van der Waals surface area (Å²) in [5, 5.41) is 13.3. The monoisotopic (exact) mass is 590 g/mol. The minimum atomic E-state index is -4.26. The third-order valence-corrected chi connectivity index (χ3v) is 9.05. The SMILES string of the molecule is CCC(CCC(C)=O)Cc1cc(S(=O)(=O)N(Cc2ccccc2)[C@H](NC(=O)O[C@H]2CCOC2)[C@@H](C)O)ccc1OC. The average Bonchev–Trinajstić information content (AvgIpc) is 3.46. The first kappa shape index (κ1) is 32.5. The summed E-state index contributed by atoms with van der Waals surface area (Å²) in [6.45, 7) is 5.64. The molecule has 0 aromatic heterocycles. The number of amides is 1. The Balaban J connectivity index is 1.98. The molecule has 0 aliphatic carbocycles. The molecule has 1 fully saturated rings. The Morgan fingerprint density at radius 3 is 2.51 bits per heavy atom. The molecule has 1 amide bonds. The molecule has 3 rings (SSSR count). The van der Waals surface area contributed by atoms with Crippen molar-refractivity contribution in [3.05, 3.63) is 59.7 Å². The van der Waals surface area contributed by atoms with Gasteiger partial charge in [-0.3, -0.25) is 0 Å². The van der Waals surface area contributed by atoms with E-state index >= 15 is 0 Å². The van der Waals surface area contributed by atoms with E-state index in [0.29, 0.717) is 49.2 Å². The van der Waals surface area contributed by atoms with E-state index in [9.17, 15) is 23.1 Å². The molecule has 1 unspecified atom stereocenters. The number of alkyl carbamates (subject to hydrolysis) is 1. The highest BCUT2D eigenvalue weighted by atomic mass is 32.2. The standard InChI is InChI=1S/C30H42N2O8S/c1-5-23(12-11-21(2)33)17-25-18-27(13-14-28(25)38-4)41(36,37)32(19-24-9-7-6-8-10-24)29(22(3)34)31-30(35)40-26-15-16-39-20-26/h6-10,13-14,18,22-23,26,29,34H,5,11-12,15-17,19-20H2,1-4H3,(H,31,35)/t22-,23?,26+,29+/m1/s1. The van der Waals surface area contributed by atoms with Crippen molar-refractivity contribution in [3.8, 4) is 5.75 Å². The first-order valence-corrected chi connectivity index (χ1v) is 15.4. The quantitative estimate of drug-likeness (QED) is 0.297. The molecule has 41 heavy (non-hydrogen) atoms. The second-order valence-corrected chi connectivity index (χ2v) is 12.3. The van der Waals surface area contributed by atoms with Crippen molar-refractivity contribution >= 4 is 21.9 Å². The van der Waals surface area contributed by atoms with Crippen LogP contribution in [0, 0.1) is 5.92 Å². The topological polar surface area (TPSA) is 131 Å². The van der Waals surface area contributed by atoms with Crippen LogP contribution in [-0.2, 0) is 37.3 Å². The minimum absolute atomic E-state index is 0.00402. The first-order chi connectivity index (χ1) is 19.5. The van der Waals surface area contributed by atoms with E-state index < -0.39 is 34.5 Å². The van der Waals surface area contributed by atoms with Gasteiger partial charge in [-0.15, -0.1) is 0 Å². The van der Waals surface area contributed by atoms with Gasteiger partial charge in [0.1, 0.15) is 23.8 Å². The highest BCUT2D eigenvalue weighted by Gasteiger charge is 2.37. The molecule has 1 saturated heterocycles. The van der Waals surface area contributed by atoms with Gasteiger partial charge >= 0.3 is 6.09 Å². The second kappa shape index (κ2) is 15.3. The lowest BCUT2D eigenvalue weighted by Crippen LogP contribution is -2.56. The highest BCUT2D eigenvalue weighted by molar-refractivity contribution is 7.89. The van der Waals surface area contributed by atoms with Gasteiger partial charge in [-0.1, -0.05) is 43.7 Å². The molecule has 1 heterocycles. The Hall–Kier alpha value is -2.99. The van der Waals surface area contributed by atoms with Crippen molar-refractivity contribution in [3.63, 3.8) is 0 Å². The van der Waals surface area contributed by atoms with E-state index in [4.69, 9.17) is 14.2 Å². The van der Waals surface area contributed by atoms with Crippen molar-refractivity contribution in [2.24, 2.45) is 5.92 Å². The highest BCUT2D eigenvalue weighted by Crippen LogP contribution is 2.30. The smallest absolute Gasteiger partial charge is 0.408 e. The third-order valence-electron chi connectivity index (χ3n) is 7.22. The van der Waals surface area contributed by atoms with Gasteiger partial charge in [0, 0.05) is 19.4 Å². The van der Waals surface area contributed by atoms with Gasteiger partial charge < -0.3 is 29.4 Å². The van der Waals surface area contributed by atoms with E-state index in [1.54, 1.807) is 43.3 Å². The molecule has 2 aromatic carbocycles. The van der Waals surface area contributed by atoms with Crippen LogP contribution in [0.25, 0.3) is 0 Å². The van der Waals surface area contributed by atoms with Crippen molar-refractivity contribution in [2.45, 2.75) is 82.7 Å². The zero-order valence-corrected chi connectivity index (χ0v) is 25.1. The summed E-state index contributed by atoms with van der Waals surface area (Å²) in [6, 6.07) is 13.6. The van der Waals surface area contributed by atoms with Crippen LogP contribution in [0.4, 0.5) is 4.79 Å². The predicted molar refractivity (Wildman–Crippen MR) is 154 cm³/mol. The van der Waals surface area contributed by atoms with E-state index in [-0.39, 0.29) is 29.7 Å². The van der Waals surface area contributed by atoms with Crippen LogP contribution in [0.3, 0.4) is 0 Å². The zero-order chi connectivity index (χ0) is 30.0. The molecular formula is C30H42N2O8S. The predicted octanol–water partition coefficient (Wildman–Crippen LogP) is 4.05. The number of rotatable bonds is 15. The summed E-state index contributed by atoms with van der Waals surface area (Å²) in [4.78, 5) is 24.3. The molecular weight excluding hydrogens is 548 g/mol. The van der Waals surface area contributed by atoms with Crippen LogP contribution in [0.15, 0.2) is 53.4 Å². The fraction of sp³-hybridized carbons (Fsp3) is 0.533. The lowest BCUT2D eigenvalue weighted by molar-refractivity contribution is -0.117. The first-order valence-electron chi connectivity index (χ1n) is 14.0. The number of Topliss-reactive ketones (excluding diaryl/α,β-unsaturated/α-hetero) is 1. The number of ether oxygens (including phenoxy) is 3. The van der Waals surface area contributed by atoms with Gasteiger partial charge in [-0.25, -0.2) is 13.2 Å². The van der Waals surface area contributed by atoms with Crippen molar-refractivity contribution < 1.29 is 37.3 Å². The summed E-state index contributed by atoms with van der Waals surface area (Å²) in [6.07, 6.45) is -0.845. The number of carbonyl (C=O) groups is 2. The number of aliphatic hydroxyl groups excluding tert-OH is 1. The van der Waals surface area contributed by atoms with Gasteiger partial charge in [-0.05, 0) is 61.9 Å². The zero-order valence-electron chi connectivity index (χ0n) is 24.2. The maximum absolute atomic E-state index is 14.2. The third kappa shape index (κ3) is 9.26. The number of nitrogens with one attached hydrogen (secondary N) is 1. The molecule has 2 N–H and O–H groups in total.